The quantitative estimate of drug-likeness (QED) is 0.740. The van der Waals surface area contributed by atoms with Gasteiger partial charge in [0.05, 0.1) is 6.54 Å². The summed E-state index contributed by atoms with van der Waals surface area (Å²) in [4.78, 5) is 23.2. The van der Waals surface area contributed by atoms with Crippen LogP contribution in [0.25, 0.3) is 0 Å². The number of para-hydroxylation sites is 1. The van der Waals surface area contributed by atoms with Crippen LogP contribution in [-0.4, -0.2) is 25.3 Å². The van der Waals surface area contributed by atoms with Crippen LogP contribution in [-0.2, 0) is 4.74 Å². The molecule has 0 saturated heterocycles. The number of urea groups is 1. The molecule has 2 aromatic rings. The Labute approximate surface area is 134 Å². The van der Waals surface area contributed by atoms with Crippen molar-refractivity contribution in [2.24, 2.45) is 0 Å². The summed E-state index contributed by atoms with van der Waals surface area (Å²) in [5.41, 5.74) is 2.48. The van der Waals surface area contributed by atoms with Crippen molar-refractivity contribution >= 4 is 23.5 Å². The van der Waals surface area contributed by atoms with Gasteiger partial charge in [-0.25, -0.2) is 9.59 Å². The smallest absolute Gasteiger partial charge is 0.411 e. The van der Waals surface area contributed by atoms with Gasteiger partial charge in [-0.05, 0) is 31.2 Å². The van der Waals surface area contributed by atoms with Gasteiger partial charge < -0.3 is 15.4 Å². The Morgan fingerprint density at radius 1 is 0.913 bits per heavy atom. The third kappa shape index (κ3) is 6.09. The van der Waals surface area contributed by atoms with Gasteiger partial charge in [0.2, 0.25) is 0 Å². The predicted molar refractivity (Wildman–Crippen MR) is 89.6 cm³/mol. The molecule has 0 fully saturated rings. The summed E-state index contributed by atoms with van der Waals surface area (Å²) in [6.45, 7) is 2.28. The third-order valence-electron chi connectivity index (χ3n) is 2.95. The average molecular weight is 313 g/mol. The fourth-order valence-electron chi connectivity index (χ4n) is 1.80. The van der Waals surface area contributed by atoms with Gasteiger partial charge in [0.1, 0.15) is 6.61 Å². The molecule has 0 unspecified atom stereocenters. The Balaban J connectivity index is 1.62. The van der Waals surface area contributed by atoms with E-state index in [1.165, 1.54) is 0 Å². The number of aryl methyl sites for hydroxylation is 1. The van der Waals surface area contributed by atoms with Crippen LogP contribution in [0.2, 0.25) is 0 Å². The molecular weight excluding hydrogens is 294 g/mol. The van der Waals surface area contributed by atoms with Crippen molar-refractivity contribution in [1.82, 2.24) is 5.32 Å². The molecular formula is C17H19N3O3. The zero-order valence-electron chi connectivity index (χ0n) is 12.8. The first-order chi connectivity index (χ1) is 11.1. The van der Waals surface area contributed by atoms with Gasteiger partial charge in [-0.15, -0.1) is 0 Å². The molecule has 6 heteroatoms. The zero-order chi connectivity index (χ0) is 16.5. The summed E-state index contributed by atoms with van der Waals surface area (Å²) >= 11 is 0. The minimum atomic E-state index is -0.558. The van der Waals surface area contributed by atoms with E-state index in [1.807, 2.05) is 49.4 Å². The molecule has 3 amide bonds. The lowest BCUT2D eigenvalue weighted by molar-refractivity contribution is 0.162. The second kappa shape index (κ2) is 8.43. The summed E-state index contributed by atoms with van der Waals surface area (Å²) in [5.74, 6) is 0. The topological polar surface area (TPSA) is 79.5 Å². The van der Waals surface area contributed by atoms with Crippen molar-refractivity contribution in [3.8, 4) is 0 Å². The van der Waals surface area contributed by atoms with E-state index in [1.54, 1.807) is 12.1 Å². The lowest BCUT2D eigenvalue weighted by atomic mass is 10.2. The summed E-state index contributed by atoms with van der Waals surface area (Å²) in [6.07, 6.45) is -0.558. The maximum absolute atomic E-state index is 11.7. The van der Waals surface area contributed by atoms with Crippen molar-refractivity contribution in [1.29, 1.82) is 0 Å². The molecule has 3 N–H and O–H groups in total. The maximum Gasteiger partial charge on any atom is 0.411 e. The van der Waals surface area contributed by atoms with Crippen LogP contribution in [0.5, 0.6) is 0 Å². The van der Waals surface area contributed by atoms with Gasteiger partial charge in [-0.2, -0.15) is 0 Å². The molecule has 2 rings (SSSR count). The Morgan fingerprint density at radius 3 is 2.26 bits per heavy atom. The van der Waals surface area contributed by atoms with E-state index in [-0.39, 0.29) is 19.2 Å². The molecule has 23 heavy (non-hydrogen) atoms. The molecule has 0 heterocycles. The molecule has 0 radical (unpaired) electrons. The number of anilines is 2. The minimum Gasteiger partial charge on any atom is -0.447 e. The largest absolute Gasteiger partial charge is 0.447 e. The van der Waals surface area contributed by atoms with E-state index in [2.05, 4.69) is 16.0 Å². The van der Waals surface area contributed by atoms with Crippen LogP contribution < -0.4 is 16.0 Å². The number of carbonyl (C=O) groups excluding carboxylic acids is 2. The highest BCUT2D eigenvalue weighted by molar-refractivity contribution is 5.89. The zero-order valence-corrected chi connectivity index (χ0v) is 12.8. The summed E-state index contributed by atoms with van der Waals surface area (Å²) in [7, 11) is 0. The number of nitrogens with one attached hydrogen (secondary N) is 3. The van der Waals surface area contributed by atoms with Gasteiger partial charge in [-0.3, -0.25) is 5.32 Å². The SMILES string of the molecule is Cc1ccc(NC(=O)NCCOC(=O)Nc2ccccc2)cc1. The maximum atomic E-state index is 11.7. The van der Waals surface area contributed by atoms with Crippen molar-refractivity contribution in [2.75, 3.05) is 23.8 Å². The molecule has 0 aliphatic heterocycles. The molecule has 0 aliphatic rings. The first kappa shape index (κ1) is 16.4. The highest BCUT2D eigenvalue weighted by Gasteiger charge is 2.04. The Morgan fingerprint density at radius 2 is 1.57 bits per heavy atom. The second-order valence-electron chi connectivity index (χ2n) is 4.87. The van der Waals surface area contributed by atoms with E-state index >= 15 is 0 Å². The van der Waals surface area contributed by atoms with E-state index in [0.29, 0.717) is 11.4 Å². The highest BCUT2D eigenvalue weighted by Crippen LogP contribution is 2.08. The number of benzene rings is 2. The van der Waals surface area contributed by atoms with Crippen LogP contribution in [0.1, 0.15) is 5.56 Å². The first-order valence-electron chi connectivity index (χ1n) is 7.24. The second-order valence-corrected chi connectivity index (χ2v) is 4.87. The number of ether oxygens (including phenoxy) is 1. The van der Waals surface area contributed by atoms with E-state index in [4.69, 9.17) is 4.74 Å². The van der Waals surface area contributed by atoms with Crippen LogP contribution in [0, 0.1) is 6.92 Å². The molecule has 0 atom stereocenters. The molecule has 0 bridgehead atoms. The van der Waals surface area contributed by atoms with Crippen LogP contribution in [0.4, 0.5) is 21.0 Å². The first-order valence-corrected chi connectivity index (χ1v) is 7.24. The van der Waals surface area contributed by atoms with E-state index < -0.39 is 6.09 Å². The van der Waals surface area contributed by atoms with Crippen molar-refractivity contribution in [3.05, 3.63) is 60.2 Å². The Bertz CT molecular complexity index is 642. The van der Waals surface area contributed by atoms with Crippen molar-refractivity contribution in [2.45, 2.75) is 6.92 Å². The Kier molecular flexibility index (Phi) is 5.99. The summed E-state index contributed by atoms with van der Waals surface area (Å²) < 4.78 is 4.97. The third-order valence-corrected chi connectivity index (χ3v) is 2.95. The number of amides is 3. The van der Waals surface area contributed by atoms with Crippen LogP contribution in [0.3, 0.4) is 0 Å². The number of hydrogen-bond acceptors (Lipinski definition) is 3. The molecule has 0 aliphatic carbocycles. The minimum absolute atomic E-state index is 0.0833. The van der Waals surface area contributed by atoms with Crippen molar-refractivity contribution < 1.29 is 14.3 Å². The predicted octanol–water partition coefficient (Wildman–Crippen LogP) is 3.37. The Hall–Kier alpha value is -3.02. The standard InChI is InChI=1S/C17H19N3O3/c1-13-7-9-15(10-8-13)19-16(21)18-11-12-23-17(22)20-14-5-3-2-4-6-14/h2-10H,11-12H2,1H3,(H,20,22)(H2,18,19,21). The summed E-state index contributed by atoms with van der Waals surface area (Å²) in [5, 5.41) is 7.89. The molecule has 120 valence electrons. The van der Waals surface area contributed by atoms with Gasteiger partial charge in [0.15, 0.2) is 0 Å². The number of hydrogen-bond donors (Lipinski definition) is 3. The van der Waals surface area contributed by atoms with Gasteiger partial charge >= 0.3 is 12.1 Å². The van der Waals surface area contributed by atoms with Gasteiger partial charge in [0, 0.05) is 11.4 Å². The molecule has 0 saturated carbocycles. The molecule has 6 nitrogen and oxygen atoms in total. The van der Waals surface area contributed by atoms with Gasteiger partial charge in [-0.1, -0.05) is 35.9 Å². The van der Waals surface area contributed by atoms with Crippen molar-refractivity contribution in [3.63, 3.8) is 0 Å². The van der Waals surface area contributed by atoms with Crippen LogP contribution >= 0.6 is 0 Å². The molecule has 2 aromatic carbocycles. The van der Waals surface area contributed by atoms with Gasteiger partial charge in [0.25, 0.3) is 0 Å². The fourth-order valence-corrected chi connectivity index (χ4v) is 1.80. The molecule has 0 aromatic heterocycles. The lowest BCUT2D eigenvalue weighted by Gasteiger charge is -2.09. The van der Waals surface area contributed by atoms with Crippen LogP contribution in [0.15, 0.2) is 54.6 Å². The van der Waals surface area contributed by atoms with E-state index in [9.17, 15) is 9.59 Å². The highest BCUT2D eigenvalue weighted by atomic mass is 16.5. The van der Waals surface area contributed by atoms with E-state index in [0.717, 1.165) is 5.56 Å². The lowest BCUT2D eigenvalue weighted by Crippen LogP contribution is -2.32. The number of rotatable bonds is 5. The summed E-state index contributed by atoms with van der Waals surface area (Å²) in [6, 6.07) is 16.1. The molecule has 0 spiro atoms. The average Bonchev–Trinajstić information content (AvgIpc) is 2.55. The number of carbonyl (C=O) groups is 2. The normalized spacial score (nSPS) is 9.78. The monoisotopic (exact) mass is 313 g/mol. The fraction of sp³-hybridized carbons (Fsp3) is 0.176.